The van der Waals surface area contributed by atoms with Crippen LogP contribution in [0.25, 0.3) is 0 Å². The molecule has 0 aromatic rings. The molecule has 16 heavy (non-hydrogen) atoms. The lowest BCUT2D eigenvalue weighted by molar-refractivity contribution is -0.138. The first-order valence-corrected chi connectivity index (χ1v) is 6.26. The smallest absolute Gasteiger partial charge is 0.243 e. The second-order valence-corrected chi connectivity index (χ2v) is 4.96. The number of carbonyl (C=O) groups is 1. The number of hydrogen-bond donors (Lipinski definition) is 1. The molecule has 0 aromatic heterocycles. The molecule has 0 saturated carbocycles. The van der Waals surface area contributed by atoms with Gasteiger partial charge in [0.1, 0.15) is 0 Å². The minimum absolute atomic E-state index is 0. The molecule has 0 bridgehead atoms. The highest BCUT2D eigenvalue weighted by molar-refractivity contribution is 5.87. The summed E-state index contributed by atoms with van der Waals surface area (Å²) in [6.45, 7) is 6.26. The van der Waals surface area contributed by atoms with Gasteiger partial charge in [-0.3, -0.25) is 4.79 Å². The van der Waals surface area contributed by atoms with E-state index in [-0.39, 0.29) is 17.9 Å². The molecular weight excluding hydrogens is 224 g/mol. The maximum atomic E-state index is 12.5. The van der Waals surface area contributed by atoms with Crippen LogP contribution < -0.4 is 5.32 Å². The largest absolute Gasteiger partial charge is 0.338 e. The normalized spacial score (nSPS) is 33.9. The van der Waals surface area contributed by atoms with E-state index in [4.69, 9.17) is 0 Å². The van der Waals surface area contributed by atoms with E-state index in [9.17, 15) is 4.79 Å². The van der Waals surface area contributed by atoms with Gasteiger partial charge in [-0.1, -0.05) is 6.92 Å². The van der Waals surface area contributed by atoms with Gasteiger partial charge in [-0.25, -0.2) is 0 Å². The molecule has 2 aliphatic heterocycles. The quantitative estimate of drug-likeness (QED) is 0.808. The Kier molecular flexibility index (Phi) is 4.62. The van der Waals surface area contributed by atoms with Crippen molar-refractivity contribution < 1.29 is 4.79 Å². The summed E-state index contributed by atoms with van der Waals surface area (Å²) in [5, 5.41) is 3.43. The lowest BCUT2D eigenvalue weighted by atomic mass is 9.92. The lowest BCUT2D eigenvalue weighted by Gasteiger charge is -2.34. The molecule has 2 aliphatic rings. The summed E-state index contributed by atoms with van der Waals surface area (Å²) < 4.78 is 0. The van der Waals surface area contributed by atoms with Crippen LogP contribution in [-0.4, -0.2) is 35.5 Å². The lowest BCUT2D eigenvalue weighted by Crippen LogP contribution is -2.55. The first-order chi connectivity index (χ1) is 7.19. The predicted molar refractivity (Wildman–Crippen MR) is 67.9 cm³/mol. The highest BCUT2D eigenvalue weighted by Crippen LogP contribution is 2.29. The van der Waals surface area contributed by atoms with E-state index < -0.39 is 0 Å². The Morgan fingerprint density at radius 1 is 1.50 bits per heavy atom. The van der Waals surface area contributed by atoms with Crippen molar-refractivity contribution in [3.8, 4) is 0 Å². The van der Waals surface area contributed by atoms with Gasteiger partial charge in [0.15, 0.2) is 0 Å². The molecule has 2 unspecified atom stereocenters. The third-order valence-electron chi connectivity index (χ3n) is 4.07. The van der Waals surface area contributed by atoms with E-state index in [1.54, 1.807) is 0 Å². The molecule has 94 valence electrons. The Balaban J connectivity index is 0.00000128. The standard InChI is InChI=1S/C12H22N2O.ClH/c1-3-12(7-5-8-13-12)11(15)14-9-4-6-10(14)2;/h10,13H,3-9H2,1-2H3;1H. The molecule has 2 rings (SSSR count). The van der Waals surface area contributed by atoms with Crippen LogP contribution in [0.15, 0.2) is 0 Å². The number of nitrogens with zero attached hydrogens (tertiary/aromatic N) is 1. The minimum Gasteiger partial charge on any atom is -0.338 e. The molecule has 0 spiro atoms. The van der Waals surface area contributed by atoms with Gasteiger partial charge in [-0.05, 0) is 45.6 Å². The van der Waals surface area contributed by atoms with Crippen molar-refractivity contribution in [2.24, 2.45) is 0 Å². The summed E-state index contributed by atoms with van der Waals surface area (Å²) in [7, 11) is 0. The highest BCUT2D eigenvalue weighted by Gasteiger charge is 2.43. The number of nitrogens with one attached hydrogen (secondary N) is 1. The van der Waals surface area contributed by atoms with Crippen molar-refractivity contribution in [2.75, 3.05) is 13.1 Å². The number of halogens is 1. The third kappa shape index (κ3) is 2.21. The van der Waals surface area contributed by atoms with Crippen LogP contribution in [-0.2, 0) is 4.79 Å². The van der Waals surface area contributed by atoms with E-state index in [0.29, 0.717) is 11.9 Å². The van der Waals surface area contributed by atoms with E-state index in [2.05, 4.69) is 24.1 Å². The predicted octanol–water partition coefficient (Wildman–Crippen LogP) is 1.95. The van der Waals surface area contributed by atoms with Gasteiger partial charge in [0.25, 0.3) is 0 Å². The van der Waals surface area contributed by atoms with E-state index in [1.165, 1.54) is 12.8 Å². The van der Waals surface area contributed by atoms with Gasteiger partial charge in [0, 0.05) is 12.6 Å². The fourth-order valence-electron chi connectivity index (χ4n) is 2.95. The zero-order valence-corrected chi connectivity index (χ0v) is 11.1. The van der Waals surface area contributed by atoms with Crippen LogP contribution in [0.1, 0.15) is 46.0 Å². The summed E-state index contributed by atoms with van der Waals surface area (Å²) in [6.07, 6.45) is 5.43. The molecular formula is C12H23ClN2O. The van der Waals surface area contributed by atoms with Gasteiger partial charge in [0.2, 0.25) is 5.91 Å². The number of amides is 1. The molecule has 3 nitrogen and oxygen atoms in total. The molecule has 1 amide bonds. The molecule has 4 heteroatoms. The highest BCUT2D eigenvalue weighted by atomic mass is 35.5. The summed E-state index contributed by atoms with van der Waals surface area (Å²) in [4.78, 5) is 14.6. The summed E-state index contributed by atoms with van der Waals surface area (Å²) in [5.41, 5.74) is -0.224. The average molecular weight is 247 g/mol. The maximum Gasteiger partial charge on any atom is 0.243 e. The van der Waals surface area contributed by atoms with Gasteiger partial charge in [0.05, 0.1) is 5.54 Å². The molecule has 2 fully saturated rings. The van der Waals surface area contributed by atoms with Gasteiger partial charge in [-0.15, -0.1) is 12.4 Å². The molecule has 2 atom stereocenters. The number of rotatable bonds is 2. The Morgan fingerprint density at radius 2 is 2.25 bits per heavy atom. The van der Waals surface area contributed by atoms with Gasteiger partial charge < -0.3 is 10.2 Å². The Labute approximate surface area is 104 Å². The van der Waals surface area contributed by atoms with Gasteiger partial charge in [-0.2, -0.15) is 0 Å². The van der Waals surface area contributed by atoms with E-state index >= 15 is 0 Å². The van der Waals surface area contributed by atoms with Crippen molar-refractivity contribution in [2.45, 2.75) is 57.5 Å². The third-order valence-corrected chi connectivity index (χ3v) is 4.07. The second-order valence-electron chi connectivity index (χ2n) is 4.96. The zero-order chi connectivity index (χ0) is 10.9. The Morgan fingerprint density at radius 3 is 2.69 bits per heavy atom. The first-order valence-electron chi connectivity index (χ1n) is 6.26. The molecule has 1 N–H and O–H groups in total. The maximum absolute atomic E-state index is 12.5. The number of likely N-dealkylation sites (tertiary alicyclic amines) is 1. The van der Waals surface area contributed by atoms with Crippen molar-refractivity contribution in [3.63, 3.8) is 0 Å². The van der Waals surface area contributed by atoms with Crippen molar-refractivity contribution in [1.82, 2.24) is 10.2 Å². The van der Waals surface area contributed by atoms with E-state index in [0.717, 1.165) is 32.4 Å². The summed E-state index contributed by atoms with van der Waals surface area (Å²) in [5.74, 6) is 0.354. The fraction of sp³-hybridized carbons (Fsp3) is 0.917. The zero-order valence-electron chi connectivity index (χ0n) is 10.3. The minimum atomic E-state index is -0.224. The fourth-order valence-corrected chi connectivity index (χ4v) is 2.95. The van der Waals surface area contributed by atoms with Crippen LogP contribution >= 0.6 is 12.4 Å². The monoisotopic (exact) mass is 246 g/mol. The van der Waals surface area contributed by atoms with Crippen LogP contribution in [0.4, 0.5) is 0 Å². The van der Waals surface area contributed by atoms with Crippen LogP contribution in [0, 0.1) is 0 Å². The summed E-state index contributed by atoms with van der Waals surface area (Å²) >= 11 is 0. The van der Waals surface area contributed by atoms with Crippen LogP contribution in [0.5, 0.6) is 0 Å². The van der Waals surface area contributed by atoms with Crippen LogP contribution in [0.3, 0.4) is 0 Å². The topological polar surface area (TPSA) is 32.3 Å². The molecule has 2 heterocycles. The number of hydrogen-bond acceptors (Lipinski definition) is 2. The molecule has 0 aromatic carbocycles. The van der Waals surface area contributed by atoms with E-state index in [1.807, 2.05) is 0 Å². The van der Waals surface area contributed by atoms with Crippen molar-refractivity contribution in [3.05, 3.63) is 0 Å². The molecule has 2 saturated heterocycles. The first kappa shape index (κ1) is 13.8. The Bertz CT molecular complexity index is 251. The molecule has 0 aliphatic carbocycles. The van der Waals surface area contributed by atoms with Gasteiger partial charge >= 0.3 is 0 Å². The molecule has 0 radical (unpaired) electrons. The Hall–Kier alpha value is -0.280. The average Bonchev–Trinajstić information content (AvgIpc) is 2.86. The van der Waals surface area contributed by atoms with Crippen molar-refractivity contribution >= 4 is 18.3 Å². The van der Waals surface area contributed by atoms with Crippen LogP contribution in [0.2, 0.25) is 0 Å². The second kappa shape index (κ2) is 5.37. The summed E-state index contributed by atoms with van der Waals surface area (Å²) in [6, 6.07) is 0.448. The van der Waals surface area contributed by atoms with Crippen molar-refractivity contribution in [1.29, 1.82) is 0 Å². The SMILES string of the molecule is CCC1(C(=O)N2CCCC2C)CCCN1.Cl. The number of carbonyl (C=O) groups excluding carboxylic acids is 1.